The van der Waals surface area contributed by atoms with E-state index in [0.29, 0.717) is 0 Å². The molecular weight excluding hydrogens is 280 g/mol. The van der Waals surface area contributed by atoms with Crippen LogP contribution in [0.25, 0.3) is 5.57 Å². The van der Waals surface area contributed by atoms with Gasteiger partial charge in [-0.15, -0.1) is 0 Å². The summed E-state index contributed by atoms with van der Waals surface area (Å²) in [6.45, 7) is 0.982. The summed E-state index contributed by atoms with van der Waals surface area (Å²) in [4.78, 5) is 2.12. The average molecular weight is 301 g/mol. The number of halogens is 2. The molecule has 0 spiro atoms. The lowest BCUT2D eigenvalue weighted by atomic mass is 9.96. The summed E-state index contributed by atoms with van der Waals surface area (Å²) in [5, 5.41) is 0. The molecule has 2 rings (SSSR count). The van der Waals surface area contributed by atoms with Crippen LogP contribution >= 0.6 is 0 Å². The minimum atomic E-state index is -0.284. The Morgan fingerprint density at radius 3 is 1.95 bits per heavy atom. The van der Waals surface area contributed by atoms with Crippen LogP contribution in [-0.2, 0) is 0 Å². The summed E-state index contributed by atoms with van der Waals surface area (Å²) in [7, 11) is 4.06. The van der Waals surface area contributed by atoms with Gasteiger partial charge in [0.15, 0.2) is 0 Å². The zero-order valence-electron chi connectivity index (χ0n) is 13.0. The highest BCUT2D eigenvalue weighted by atomic mass is 19.1. The lowest BCUT2D eigenvalue weighted by molar-refractivity contribution is 0.402. The van der Waals surface area contributed by atoms with Crippen LogP contribution in [0.1, 0.15) is 24.0 Å². The van der Waals surface area contributed by atoms with Crippen molar-refractivity contribution in [2.45, 2.75) is 12.8 Å². The van der Waals surface area contributed by atoms with Gasteiger partial charge in [0.1, 0.15) is 11.6 Å². The molecule has 2 aromatic carbocycles. The zero-order valence-corrected chi connectivity index (χ0v) is 13.0. The van der Waals surface area contributed by atoms with Crippen molar-refractivity contribution in [3.05, 3.63) is 77.4 Å². The Bertz CT molecular complexity index is 600. The predicted octanol–water partition coefficient (Wildman–Crippen LogP) is 4.74. The van der Waals surface area contributed by atoms with Crippen molar-refractivity contribution in [1.29, 1.82) is 0 Å². The molecule has 0 saturated heterocycles. The fraction of sp³-hybridized carbons (Fsp3) is 0.263. The molecule has 0 amide bonds. The van der Waals surface area contributed by atoms with Gasteiger partial charge in [0, 0.05) is 0 Å². The van der Waals surface area contributed by atoms with Crippen LogP contribution in [-0.4, -0.2) is 25.5 Å². The molecule has 116 valence electrons. The summed E-state index contributed by atoms with van der Waals surface area (Å²) in [5.74, 6) is -0.568. The SMILES string of the molecule is CN(C)CCCC=C(c1cccc(F)c1)c1cccc(F)c1. The second-order valence-electron chi connectivity index (χ2n) is 5.58. The lowest BCUT2D eigenvalue weighted by Gasteiger charge is -2.11. The van der Waals surface area contributed by atoms with Gasteiger partial charge in [-0.05, 0) is 74.4 Å². The normalized spacial score (nSPS) is 10.8. The maximum absolute atomic E-state index is 13.5. The van der Waals surface area contributed by atoms with Crippen LogP contribution in [0.4, 0.5) is 8.78 Å². The van der Waals surface area contributed by atoms with Gasteiger partial charge >= 0.3 is 0 Å². The molecule has 0 saturated carbocycles. The van der Waals surface area contributed by atoms with E-state index in [1.165, 1.54) is 24.3 Å². The van der Waals surface area contributed by atoms with Gasteiger partial charge in [0.05, 0.1) is 0 Å². The van der Waals surface area contributed by atoms with E-state index in [2.05, 4.69) is 11.0 Å². The van der Waals surface area contributed by atoms with Crippen molar-refractivity contribution in [2.24, 2.45) is 0 Å². The number of unbranched alkanes of at least 4 members (excludes halogenated alkanes) is 1. The fourth-order valence-corrected chi connectivity index (χ4v) is 2.37. The topological polar surface area (TPSA) is 3.24 Å². The van der Waals surface area contributed by atoms with E-state index >= 15 is 0 Å². The van der Waals surface area contributed by atoms with Gasteiger partial charge in [0.2, 0.25) is 0 Å². The summed E-state index contributed by atoms with van der Waals surface area (Å²) >= 11 is 0. The van der Waals surface area contributed by atoms with Gasteiger partial charge in [-0.3, -0.25) is 0 Å². The van der Waals surface area contributed by atoms with E-state index in [0.717, 1.165) is 36.1 Å². The molecule has 0 bridgehead atoms. The van der Waals surface area contributed by atoms with Crippen molar-refractivity contribution in [2.75, 3.05) is 20.6 Å². The maximum Gasteiger partial charge on any atom is 0.123 e. The van der Waals surface area contributed by atoms with E-state index in [1.807, 2.05) is 26.2 Å². The van der Waals surface area contributed by atoms with E-state index in [9.17, 15) is 8.78 Å². The van der Waals surface area contributed by atoms with Crippen molar-refractivity contribution in [1.82, 2.24) is 4.90 Å². The molecule has 0 heterocycles. The summed E-state index contributed by atoms with van der Waals surface area (Å²) in [5.41, 5.74) is 2.42. The molecule has 0 radical (unpaired) electrons. The number of benzene rings is 2. The van der Waals surface area contributed by atoms with Crippen LogP contribution in [0, 0.1) is 11.6 Å². The monoisotopic (exact) mass is 301 g/mol. The van der Waals surface area contributed by atoms with Gasteiger partial charge in [0.25, 0.3) is 0 Å². The highest BCUT2D eigenvalue weighted by Gasteiger charge is 2.07. The number of hydrogen-bond acceptors (Lipinski definition) is 1. The minimum Gasteiger partial charge on any atom is -0.309 e. The van der Waals surface area contributed by atoms with Crippen molar-refractivity contribution < 1.29 is 8.78 Å². The Morgan fingerprint density at radius 2 is 1.50 bits per heavy atom. The quantitative estimate of drug-likeness (QED) is 0.697. The predicted molar refractivity (Wildman–Crippen MR) is 87.7 cm³/mol. The van der Waals surface area contributed by atoms with Crippen molar-refractivity contribution in [3.63, 3.8) is 0 Å². The fourth-order valence-electron chi connectivity index (χ4n) is 2.37. The first-order valence-corrected chi connectivity index (χ1v) is 7.43. The number of nitrogens with zero attached hydrogens (tertiary/aromatic N) is 1. The van der Waals surface area contributed by atoms with Gasteiger partial charge in [-0.1, -0.05) is 30.3 Å². The summed E-state index contributed by atoms with van der Waals surface area (Å²) < 4.78 is 27.0. The average Bonchev–Trinajstić information content (AvgIpc) is 2.47. The van der Waals surface area contributed by atoms with Crippen molar-refractivity contribution >= 4 is 5.57 Å². The zero-order chi connectivity index (χ0) is 15.9. The molecule has 2 aromatic rings. The van der Waals surface area contributed by atoms with E-state index in [-0.39, 0.29) is 11.6 Å². The Hall–Kier alpha value is -2.00. The van der Waals surface area contributed by atoms with Crippen molar-refractivity contribution in [3.8, 4) is 0 Å². The van der Waals surface area contributed by atoms with Crippen LogP contribution in [0.2, 0.25) is 0 Å². The first kappa shape index (κ1) is 16.4. The lowest BCUT2D eigenvalue weighted by Crippen LogP contribution is -2.12. The third-order valence-corrected chi connectivity index (χ3v) is 3.43. The standard InChI is InChI=1S/C19H21F2N/c1-22(2)12-4-3-11-19(15-7-5-9-17(20)13-15)16-8-6-10-18(21)14-16/h5-11,13-14H,3-4,12H2,1-2H3. The molecule has 0 aromatic heterocycles. The summed E-state index contributed by atoms with van der Waals surface area (Å²) in [6.07, 6.45) is 3.93. The van der Waals surface area contributed by atoms with Crippen LogP contribution in [0.3, 0.4) is 0 Å². The van der Waals surface area contributed by atoms with Gasteiger partial charge in [-0.2, -0.15) is 0 Å². The highest BCUT2D eigenvalue weighted by molar-refractivity contribution is 5.79. The van der Waals surface area contributed by atoms with E-state index in [1.54, 1.807) is 12.1 Å². The molecule has 0 fully saturated rings. The third-order valence-electron chi connectivity index (χ3n) is 3.43. The Kier molecular flexibility index (Phi) is 5.84. The third kappa shape index (κ3) is 4.78. The number of allylic oxidation sites excluding steroid dienone is 1. The highest BCUT2D eigenvalue weighted by Crippen LogP contribution is 2.25. The molecule has 0 unspecified atom stereocenters. The van der Waals surface area contributed by atoms with Gasteiger partial charge < -0.3 is 4.90 Å². The molecular formula is C19H21F2N. The largest absolute Gasteiger partial charge is 0.309 e. The molecule has 3 heteroatoms. The molecule has 22 heavy (non-hydrogen) atoms. The smallest absolute Gasteiger partial charge is 0.123 e. The maximum atomic E-state index is 13.5. The van der Waals surface area contributed by atoms with E-state index < -0.39 is 0 Å². The Morgan fingerprint density at radius 1 is 0.955 bits per heavy atom. The molecule has 0 N–H and O–H groups in total. The second-order valence-corrected chi connectivity index (χ2v) is 5.58. The Labute approximate surface area is 130 Å². The molecule has 0 atom stereocenters. The molecule has 0 aliphatic carbocycles. The number of hydrogen-bond donors (Lipinski definition) is 0. The van der Waals surface area contributed by atoms with Gasteiger partial charge in [-0.25, -0.2) is 8.78 Å². The number of rotatable bonds is 6. The first-order chi connectivity index (χ1) is 10.6. The molecule has 1 nitrogen and oxygen atoms in total. The minimum absolute atomic E-state index is 0.284. The molecule has 0 aliphatic heterocycles. The second kappa shape index (κ2) is 7.85. The Balaban J connectivity index is 2.30. The van der Waals surface area contributed by atoms with Crippen LogP contribution in [0.5, 0.6) is 0 Å². The summed E-state index contributed by atoms with van der Waals surface area (Å²) in [6, 6.07) is 12.9. The van der Waals surface area contributed by atoms with Crippen LogP contribution < -0.4 is 0 Å². The molecule has 0 aliphatic rings. The first-order valence-electron chi connectivity index (χ1n) is 7.43. The van der Waals surface area contributed by atoms with E-state index in [4.69, 9.17) is 0 Å². The van der Waals surface area contributed by atoms with Crippen LogP contribution in [0.15, 0.2) is 54.6 Å².